The predicted octanol–water partition coefficient (Wildman–Crippen LogP) is 2.76. The predicted molar refractivity (Wildman–Crippen MR) is 110 cm³/mol. The number of likely N-dealkylation sites (tertiary alicyclic amines) is 1. The van der Waals surface area contributed by atoms with E-state index in [9.17, 15) is 14.4 Å². The van der Waals surface area contributed by atoms with Crippen LogP contribution in [0.4, 0.5) is 4.79 Å². The molecule has 1 aliphatic heterocycles. The van der Waals surface area contributed by atoms with Gasteiger partial charge in [-0.1, -0.05) is 30.3 Å². The van der Waals surface area contributed by atoms with Crippen LogP contribution in [0.5, 0.6) is 0 Å². The minimum absolute atomic E-state index is 0.0184. The summed E-state index contributed by atoms with van der Waals surface area (Å²) in [6, 6.07) is 9.13. The maximum atomic E-state index is 12.6. The minimum Gasteiger partial charge on any atom is -0.465 e. The molecule has 0 aromatic heterocycles. The fourth-order valence-corrected chi connectivity index (χ4v) is 3.12. The molecule has 1 aliphatic rings. The van der Waals surface area contributed by atoms with Crippen molar-refractivity contribution in [3.8, 4) is 0 Å². The van der Waals surface area contributed by atoms with E-state index in [1.807, 2.05) is 51.1 Å². The Morgan fingerprint density at radius 1 is 1.07 bits per heavy atom. The summed E-state index contributed by atoms with van der Waals surface area (Å²) in [6.45, 7) is 6.26. The standard InChI is InChI=1S/C22H30N2O6/c1-22(2,3)30-21(27)24-12-10-16(11-13-24)18(23)17(19(25)28-4)20(26)29-14-15-8-6-5-7-9-15/h5-9,16H,10-14,23H2,1-4H3. The van der Waals surface area contributed by atoms with Gasteiger partial charge in [0.05, 0.1) is 7.11 Å². The van der Waals surface area contributed by atoms with E-state index >= 15 is 0 Å². The summed E-state index contributed by atoms with van der Waals surface area (Å²) < 4.78 is 15.4. The van der Waals surface area contributed by atoms with Crippen LogP contribution in [-0.4, -0.2) is 48.7 Å². The Morgan fingerprint density at radius 3 is 2.20 bits per heavy atom. The van der Waals surface area contributed by atoms with Gasteiger partial charge in [-0.15, -0.1) is 0 Å². The Kier molecular flexibility index (Phi) is 7.86. The summed E-state index contributed by atoms with van der Waals surface area (Å²) in [4.78, 5) is 38.6. The normalized spacial score (nSPS) is 15.8. The summed E-state index contributed by atoms with van der Waals surface area (Å²) in [5, 5.41) is 0. The lowest BCUT2D eigenvalue weighted by atomic mass is 9.91. The van der Waals surface area contributed by atoms with Crippen LogP contribution in [0.25, 0.3) is 0 Å². The summed E-state index contributed by atoms with van der Waals surface area (Å²) in [5.74, 6) is -1.90. The number of rotatable bonds is 5. The van der Waals surface area contributed by atoms with E-state index in [2.05, 4.69) is 0 Å². The van der Waals surface area contributed by atoms with Gasteiger partial charge in [-0.25, -0.2) is 14.4 Å². The van der Waals surface area contributed by atoms with Crippen molar-refractivity contribution in [3.63, 3.8) is 0 Å². The zero-order valence-corrected chi connectivity index (χ0v) is 18.0. The second-order valence-electron chi connectivity index (χ2n) is 8.13. The molecule has 1 fully saturated rings. The lowest BCUT2D eigenvalue weighted by molar-refractivity contribution is -0.146. The summed E-state index contributed by atoms with van der Waals surface area (Å²) in [5.41, 5.74) is 6.26. The van der Waals surface area contributed by atoms with Crippen molar-refractivity contribution in [2.24, 2.45) is 11.7 Å². The Bertz CT molecular complexity index is 790. The van der Waals surface area contributed by atoms with Gasteiger partial charge in [-0.3, -0.25) is 0 Å². The first-order chi connectivity index (χ1) is 14.1. The maximum absolute atomic E-state index is 12.6. The van der Waals surface area contributed by atoms with Crippen molar-refractivity contribution >= 4 is 18.0 Å². The maximum Gasteiger partial charge on any atom is 0.410 e. The van der Waals surface area contributed by atoms with Crippen LogP contribution in [0.1, 0.15) is 39.2 Å². The van der Waals surface area contributed by atoms with Crippen LogP contribution in [-0.2, 0) is 30.4 Å². The molecule has 164 valence electrons. The number of nitrogens with zero attached hydrogens (tertiary/aromatic N) is 1. The Morgan fingerprint density at radius 2 is 1.67 bits per heavy atom. The molecule has 0 unspecified atom stereocenters. The van der Waals surface area contributed by atoms with Crippen molar-refractivity contribution < 1.29 is 28.6 Å². The van der Waals surface area contributed by atoms with Crippen molar-refractivity contribution in [2.45, 2.75) is 45.8 Å². The molecule has 1 saturated heterocycles. The SMILES string of the molecule is COC(=O)C(C(=O)OCc1ccccc1)=C(N)C1CCN(C(=O)OC(C)(C)C)CC1. The van der Waals surface area contributed by atoms with E-state index in [1.54, 1.807) is 4.90 Å². The van der Waals surface area contributed by atoms with Gasteiger partial charge in [0.1, 0.15) is 12.2 Å². The van der Waals surface area contributed by atoms with Gasteiger partial charge < -0.3 is 24.8 Å². The lowest BCUT2D eigenvalue weighted by Gasteiger charge is -2.33. The molecule has 8 heteroatoms. The average molecular weight is 418 g/mol. The first-order valence-electron chi connectivity index (χ1n) is 9.89. The Labute approximate surface area is 176 Å². The van der Waals surface area contributed by atoms with Crippen LogP contribution in [0.15, 0.2) is 41.6 Å². The summed E-state index contributed by atoms with van der Waals surface area (Å²) >= 11 is 0. The molecule has 1 aromatic carbocycles. The van der Waals surface area contributed by atoms with E-state index in [0.29, 0.717) is 25.9 Å². The number of benzene rings is 1. The molecule has 8 nitrogen and oxygen atoms in total. The third-order valence-corrected chi connectivity index (χ3v) is 4.68. The molecule has 0 radical (unpaired) electrons. The quantitative estimate of drug-likeness (QED) is 0.257. The van der Waals surface area contributed by atoms with E-state index in [-0.39, 0.29) is 29.9 Å². The van der Waals surface area contributed by atoms with Crippen molar-refractivity contribution in [2.75, 3.05) is 20.2 Å². The molecule has 2 rings (SSSR count). The molecule has 0 atom stereocenters. The van der Waals surface area contributed by atoms with Crippen LogP contribution < -0.4 is 5.73 Å². The second kappa shape index (κ2) is 10.1. The molecular formula is C22H30N2O6. The number of hydrogen-bond acceptors (Lipinski definition) is 7. The molecule has 0 saturated carbocycles. The molecule has 1 heterocycles. The van der Waals surface area contributed by atoms with Gasteiger partial charge in [0.2, 0.25) is 0 Å². The van der Waals surface area contributed by atoms with Crippen molar-refractivity contribution in [1.82, 2.24) is 4.90 Å². The number of carbonyl (C=O) groups is 3. The highest BCUT2D eigenvalue weighted by Crippen LogP contribution is 2.26. The summed E-state index contributed by atoms with van der Waals surface area (Å²) in [7, 11) is 1.19. The van der Waals surface area contributed by atoms with Gasteiger partial charge in [0, 0.05) is 24.7 Å². The topological polar surface area (TPSA) is 108 Å². The Hall–Kier alpha value is -3.03. The van der Waals surface area contributed by atoms with Crippen molar-refractivity contribution in [1.29, 1.82) is 0 Å². The van der Waals surface area contributed by atoms with Gasteiger partial charge in [-0.05, 0) is 39.2 Å². The molecule has 0 aliphatic carbocycles. The molecule has 0 spiro atoms. The number of hydrogen-bond donors (Lipinski definition) is 1. The van der Waals surface area contributed by atoms with Gasteiger partial charge in [0.25, 0.3) is 0 Å². The smallest absolute Gasteiger partial charge is 0.410 e. The molecule has 1 aromatic rings. The number of piperidine rings is 1. The number of carbonyl (C=O) groups excluding carboxylic acids is 3. The highest BCUT2D eigenvalue weighted by atomic mass is 16.6. The van der Waals surface area contributed by atoms with Gasteiger partial charge >= 0.3 is 18.0 Å². The van der Waals surface area contributed by atoms with Crippen LogP contribution in [0, 0.1) is 5.92 Å². The molecule has 30 heavy (non-hydrogen) atoms. The first kappa shape index (κ1) is 23.3. The van der Waals surface area contributed by atoms with Crippen LogP contribution in [0.2, 0.25) is 0 Å². The van der Waals surface area contributed by atoms with E-state index in [4.69, 9.17) is 19.9 Å². The fraction of sp³-hybridized carbons (Fsp3) is 0.500. The lowest BCUT2D eigenvalue weighted by Crippen LogP contribution is -2.43. The number of ether oxygens (including phenoxy) is 3. The number of amides is 1. The second-order valence-corrected chi connectivity index (χ2v) is 8.13. The third-order valence-electron chi connectivity index (χ3n) is 4.68. The largest absolute Gasteiger partial charge is 0.465 e. The third kappa shape index (κ3) is 6.50. The number of nitrogens with two attached hydrogens (primary N) is 1. The minimum atomic E-state index is -0.833. The Balaban J connectivity index is 2.06. The summed E-state index contributed by atoms with van der Waals surface area (Å²) in [6.07, 6.45) is 0.605. The number of esters is 2. The average Bonchev–Trinajstić information content (AvgIpc) is 2.71. The number of allylic oxidation sites excluding steroid dienone is 1. The highest BCUT2D eigenvalue weighted by Gasteiger charge is 2.32. The van der Waals surface area contributed by atoms with Crippen LogP contribution in [0.3, 0.4) is 0 Å². The fourth-order valence-electron chi connectivity index (χ4n) is 3.12. The monoisotopic (exact) mass is 418 g/mol. The van der Waals surface area contributed by atoms with Crippen molar-refractivity contribution in [3.05, 3.63) is 47.2 Å². The molecule has 2 N–H and O–H groups in total. The molecular weight excluding hydrogens is 388 g/mol. The van der Waals surface area contributed by atoms with E-state index < -0.39 is 17.5 Å². The van der Waals surface area contributed by atoms with Gasteiger partial charge in [-0.2, -0.15) is 0 Å². The highest BCUT2D eigenvalue weighted by molar-refractivity contribution is 6.14. The van der Waals surface area contributed by atoms with Crippen LogP contribution >= 0.6 is 0 Å². The number of methoxy groups -OCH3 is 1. The van der Waals surface area contributed by atoms with Gasteiger partial charge in [0.15, 0.2) is 5.57 Å². The first-order valence-corrected chi connectivity index (χ1v) is 9.89. The molecule has 1 amide bonds. The van der Waals surface area contributed by atoms with E-state index in [1.165, 1.54) is 7.11 Å². The van der Waals surface area contributed by atoms with E-state index in [0.717, 1.165) is 5.56 Å². The zero-order chi connectivity index (χ0) is 22.3. The zero-order valence-electron chi connectivity index (χ0n) is 18.0. The molecule has 0 bridgehead atoms.